The van der Waals surface area contributed by atoms with Crippen LogP contribution in [0.15, 0.2) is 107 Å². The number of carbonyl (C=O) groups excluding carboxylic acids is 3. The SMILES string of the molecule is COc1cc(/C=C(\NC(=O)c2ccccc2)C(=O)Nc2ccc(C(=O)/C=C/c3cccc(Br)c3)cc2)cc(OC)c1OC. The number of rotatable bonds is 11. The highest BCUT2D eigenvalue weighted by molar-refractivity contribution is 9.10. The first-order valence-electron chi connectivity index (χ1n) is 13.1. The van der Waals surface area contributed by atoms with Crippen molar-refractivity contribution in [3.63, 3.8) is 0 Å². The van der Waals surface area contributed by atoms with Gasteiger partial charge in [-0.05, 0) is 83.9 Å². The lowest BCUT2D eigenvalue weighted by atomic mass is 10.1. The largest absolute Gasteiger partial charge is 0.493 e. The van der Waals surface area contributed by atoms with Gasteiger partial charge in [-0.3, -0.25) is 14.4 Å². The summed E-state index contributed by atoms with van der Waals surface area (Å²) in [5.74, 6) is -0.0641. The summed E-state index contributed by atoms with van der Waals surface area (Å²) < 4.78 is 17.2. The Morgan fingerprint density at radius 3 is 2.00 bits per heavy atom. The first-order valence-corrected chi connectivity index (χ1v) is 13.9. The van der Waals surface area contributed by atoms with Gasteiger partial charge in [-0.1, -0.05) is 52.3 Å². The van der Waals surface area contributed by atoms with E-state index in [2.05, 4.69) is 26.6 Å². The number of anilines is 1. The number of benzene rings is 4. The molecule has 4 rings (SSSR count). The van der Waals surface area contributed by atoms with Gasteiger partial charge in [0.2, 0.25) is 5.75 Å². The zero-order valence-electron chi connectivity index (χ0n) is 23.7. The van der Waals surface area contributed by atoms with Crippen molar-refractivity contribution in [1.82, 2.24) is 5.32 Å². The molecule has 0 spiro atoms. The normalized spacial score (nSPS) is 11.1. The zero-order chi connectivity index (χ0) is 30.8. The van der Waals surface area contributed by atoms with E-state index in [-0.39, 0.29) is 11.5 Å². The average molecular weight is 642 g/mol. The molecule has 0 saturated heterocycles. The fraction of sp³-hybridized carbons (Fsp3) is 0.0882. The molecule has 0 aliphatic rings. The third-order valence-electron chi connectivity index (χ3n) is 6.23. The minimum atomic E-state index is -0.577. The third kappa shape index (κ3) is 8.21. The Balaban J connectivity index is 1.58. The van der Waals surface area contributed by atoms with Gasteiger partial charge in [0.05, 0.1) is 21.3 Å². The van der Waals surface area contributed by atoms with E-state index in [0.29, 0.717) is 39.6 Å². The standard InChI is InChI=1S/C34H29BrN2O6/c1-41-30-20-23(21-31(42-2)32(30)43-3)19-28(37-33(39)25-9-5-4-6-10-25)34(40)36-27-15-13-24(14-16-27)29(38)17-12-22-8-7-11-26(35)18-22/h4-21H,1-3H3,(H,36,40)(H,37,39)/b17-12+,28-19-. The van der Waals surface area contributed by atoms with Crippen molar-refractivity contribution >= 4 is 51.4 Å². The summed E-state index contributed by atoms with van der Waals surface area (Å²) >= 11 is 3.42. The molecule has 0 bridgehead atoms. The predicted molar refractivity (Wildman–Crippen MR) is 171 cm³/mol. The maximum absolute atomic E-state index is 13.5. The van der Waals surface area contributed by atoms with Crippen LogP contribution in [0.3, 0.4) is 0 Å². The highest BCUT2D eigenvalue weighted by Crippen LogP contribution is 2.38. The third-order valence-corrected chi connectivity index (χ3v) is 6.72. The topological polar surface area (TPSA) is 103 Å². The molecule has 0 fully saturated rings. The van der Waals surface area contributed by atoms with Crippen molar-refractivity contribution in [3.8, 4) is 17.2 Å². The summed E-state index contributed by atoms with van der Waals surface area (Å²) in [6.45, 7) is 0. The predicted octanol–water partition coefficient (Wildman–Crippen LogP) is 6.78. The molecule has 0 heterocycles. The number of halogens is 1. The summed E-state index contributed by atoms with van der Waals surface area (Å²) in [4.78, 5) is 39.1. The number of hydrogen-bond donors (Lipinski definition) is 2. The summed E-state index contributed by atoms with van der Waals surface area (Å²) in [6, 6.07) is 25.9. The molecule has 218 valence electrons. The van der Waals surface area contributed by atoms with Gasteiger partial charge in [0, 0.05) is 21.3 Å². The molecular weight excluding hydrogens is 612 g/mol. The van der Waals surface area contributed by atoms with Crippen LogP contribution in [0.1, 0.15) is 31.8 Å². The van der Waals surface area contributed by atoms with Crippen molar-refractivity contribution in [2.45, 2.75) is 0 Å². The fourth-order valence-corrected chi connectivity index (χ4v) is 4.51. The van der Waals surface area contributed by atoms with Gasteiger partial charge < -0.3 is 24.8 Å². The van der Waals surface area contributed by atoms with E-state index in [1.807, 2.05) is 24.3 Å². The van der Waals surface area contributed by atoms with Crippen molar-refractivity contribution in [3.05, 3.63) is 129 Å². The number of ether oxygens (including phenoxy) is 3. The van der Waals surface area contributed by atoms with E-state index in [9.17, 15) is 14.4 Å². The summed E-state index contributed by atoms with van der Waals surface area (Å²) in [5, 5.41) is 5.49. The van der Waals surface area contributed by atoms with Crippen LogP contribution >= 0.6 is 15.9 Å². The number of methoxy groups -OCH3 is 3. The van der Waals surface area contributed by atoms with Crippen LogP contribution in [0.4, 0.5) is 5.69 Å². The van der Waals surface area contributed by atoms with E-state index >= 15 is 0 Å². The van der Waals surface area contributed by atoms with Crippen molar-refractivity contribution < 1.29 is 28.6 Å². The molecular formula is C34H29BrN2O6. The second kappa shape index (κ2) is 14.7. The Morgan fingerprint density at radius 1 is 0.721 bits per heavy atom. The van der Waals surface area contributed by atoms with Crippen molar-refractivity contribution in [2.75, 3.05) is 26.6 Å². The zero-order valence-corrected chi connectivity index (χ0v) is 25.3. The lowest BCUT2D eigenvalue weighted by molar-refractivity contribution is -0.113. The maximum Gasteiger partial charge on any atom is 0.272 e. The number of hydrogen-bond acceptors (Lipinski definition) is 6. The Kier molecular flexibility index (Phi) is 10.5. The summed E-state index contributed by atoms with van der Waals surface area (Å²) in [5.41, 5.74) is 2.64. The minimum absolute atomic E-state index is 0.0276. The molecule has 9 heteroatoms. The molecule has 4 aromatic rings. The molecule has 8 nitrogen and oxygen atoms in total. The molecule has 0 aliphatic heterocycles. The number of ketones is 1. The van der Waals surface area contributed by atoms with Gasteiger partial charge in [-0.15, -0.1) is 0 Å². The van der Waals surface area contributed by atoms with E-state index < -0.39 is 11.8 Å². The highest BCUT2D eigenvalue weighted by Gasteiger charge is 2.18. The summed E-state index contributed by atoms with van der Waals surface area (Å²) in [7, 11) is 4.47. The molecule has 0 atom stereocenters. The first kappa shape index (κ1) is 30.8. The minimum Gasteiger partial charge on any atom is -0.493 e. The number of carbonyl (C=O) groups is 3. The molecule has 4 aromatic carbocycles. The van der Waals surface area contributed by atoms with Crippen LogP contribution in [0.2, 0.25) is 0 Å². The average Bonchev–Trinajstić information content (AvgIpc) is 3.03. The lowest BCUT2D eigenvalue weighted by Gasteiger charge is -2.14. The van der Waals surface area contributed by atoms with Gasteiger partial charge in [0.25, 0.3) is 11.8 Å². The van der Waals surface area contributed by atoms with Gasteiger partial charge in [-0.2, -0.15) is 0 Å². The van der Waals surface area contributed by atoms with Crippen molar-refractivity contribution in [2.24, 2.45) is 0 Å². The van der Waals surface area contributed by atoms with Gasteiger partial charge in [-0.25, -0.2) is 0 Å². The van der Waals surface area contributed by atoms with Gasteiger partial charge >= 0.3 is 0 Å². The Hall–Kier alpha value is -5.15. The molecule has 43 heavy (non-hydrogen) atoms. The molecule has 0 radical (unpaired) electrons. The first-order chi connectivity index (χ1) is 20.8. The second-order valence-electron chi connectivity index (χ2n) is 9.12. The lowest BCUT2D eigenvalue weighted by Crippen LogP contribution is -2.30. The van der Waals surface area contributed by atoms with Crippen LogP contribution in [-0.2, 0) is 4.79 Å². The second-order valence-corrected chi connectivity index (χ2v) is 10.0. The Bertz CT molecular complexity index is 1660. The van der Waals surface area contributed by atoms with Crippen LogP contribution in [-0.4, -0.2) is 38.9 Å². The van der Waals surface area contributed by atoms with Gasteiger partial charge in [0.15, 0.2) is 17.3 Å². The van der Waals surface area contributed by atoms with E-state index in [1.165, 1.54) is 33.5 Å². The maximum atomic E-state index is 13.5. The molecule has 2 amide bonds. The monoisotopic (exact) mass is 640 g/mol. The Labute approximate surface area is 258 Å². The summed E-state index contributed by atoms with van der Waals surface area (Å²) in [6.07, 6.45) is 4.73. The van der Waals surface area contributed by atoms with Crippen molar-refractivity contribution in [1.29, 1.82) is 0 Å². The molecule has 0 saturated carbocycles. The van der Waals surface area contributed by atoms with Crippen LogP contribution in [0.5, 0.6) is 17.2 Å². The Morgan fingerprint density at radius 2 is 1.40 bits per heavy atom. The molecule has 0 aromatic heterocycles. The van der Waals surface area contributed by atoms with Crippen LogP contribution < -0.4 is 24.8 Å². The number of allylic oxidation sites excluding steroid dienone is 1. The molecule has 0 aliphatic carbocycles. The van der Waals surface area contributed by atoms with Gasteiger partial charge in [0.1, 0.15) is 5.70 Å². The van der Waals surface area contributed by atoms with Crippen LogP contribution in [0.25, 0.3) is 12.2 Å². The number of nitrogens with one attached hydrogen (secondary N) is 2. The molecule has 2 N–H and O–H groups in total. The van der Waals surface area contributed by atoms with E-state index in [0.717, 1.165) is 10.0 Å². The molecule has 0 unspecified atom stereocenters. The van der Waals surface area contributed by atoms with E-state index in [4.69, 9.17) is 14.2 Å². The number of amides is 2. The highest BCUT2D eigenvalue weighted by atomic mass is 79.9. The fourth-order valence-electron chi connectivity index (χ4n) is 4.09. The quantitative estimate of drug-likeness (QED) is 0.138. The van der Waals surface area contributed by atoms with E-state index in [1.54, 1.807) is 72.8 Å². The van der Waals surface area contributed by atoms with Crippen LogP contribution in [0, 0.1) is 0 Å². The smallest absolute Gasteiger partial charge is 0.272 e.